The lowest BCUT2D eigenvalue weighted by molar-refractivity contribution is -0.141. The molecule has 2 heterocycles. The number of ether oxygens (including phenoxy) is 1. The van der Waals surface area contributed by atoms with Crippen LogP contribution in [0.5, 0.6) is 0 Å². The molecule has 1 aliphatic heterocycles. The molecule has 1 fully saturated rings. The van der Waals surface area contributed by atoms with Gasteiger partial charge in [0.25, 0.3) is 5.91 Å². The summed E-state index contributed by atoms with van der Waals surface area (Å²) in [5, 5.41) is 2.98. The van der Waals surface area contributed by atoms with Crippen LogP contribution in [0.25, 0.3) is 0 Å². The molecule has 0 spiro atoms. The van der Waals surface area contributed by atoms with Crippen LogP contribution in [0.15, 0.2) is 35.5 Å². The van der Waals surface area contributed by atoms with Crippen LogP contribution in [0.1, 0.15) is 35.5 Å². The first-order valence-electron chi connectivity index (χ1n) is 11.3. The van der Waals surface area contributed by atoms with Crippen LogP contribution < -0.4 is 10.2 Å². The highest BCUT2D eigenvalue weighted by molar-refractivity contribution is 7.98. The molecule has 0 unspecified atom stereocenters. The molecule has 0 saturated carbocycles. The largest absolute Gasteiger partial charge is 0.433 e. The van der Waals surface area contributed by atoms with Gasteiger partial charge in [-0.15, -0.1) is 0 Å². The van der Waals surface area contributed by atoms with Crippen LogP contribution in [0.3, 0.4) is 0 Å². The van der Waals surface area contributed by atoms with Crippen molar-refractivity contribution in [3.05, 3.63) is 47.2 Å². The summed E-state index contributed by atoms with van der Waals surface area (Å²) in [5.41, 5.74) is 0.450. The zero-order valence-corrected chi connectivity index (χ0v) is 20.2. The maximum absolute atomic E-state index is 13.3. The lowest BCUT2D eigenvalue weighted by atomic mass is 10.1. The summed E-state index contributed by atoms with van der Waals surface area (Å²) in [7, 11) is 0. The van der Waals surface area contributed by atoms with Gasteiger partial charge in [-0.05, 0) is 31.5 Å². The number of nitrogens with one attached hydrogen (secondary N) is 1. The molecule has 1 aliphatic rings. The van der Waals surface area contributed by atoms with Crippen molar-refractivity contribution in [1.29, 1.82) is 0 Å². The maximum atomic E-state index is 13.3. The second-order valence-corrected chi connectivity index (χ2v) is 8.70. The summed E-state index contributed by atoms with van der Waals surface area (Å²) in [6.07, 6.45) is -4.54. The van der Waals surface area contributed by atoms with Gasteiger partial charge in [0.2, 0.25) is 0 Å². The Labute approximate surface area is 202 Å². The summed E-state index contributed by atoms with van der Waals surface area (Å²) >= 11 is 1.14. The van der Waals surface area contributed by atoms with Crippen LogP contribution in [0, 0.1) is 0 Å². The van der Waals surface area contributed by atoms with Gasteiger partial charge in [0.05, 0.1) is 13.2 Å². The fourth-order valence-corrected chi connectivity index (χ4v) is 4.30. The van der Waals surface area contributed by atoms with Gasteiger partial charge in [0.15, 0.2) is 10.9 Å². The number of carbonyl (C=O) groups excluding carboxylic acids is 1. The van der Waals surface area contributed by atoms with E-state index in [1.807, 2.05) is 13.8 Å². The molecule has 2 aromatic rings. The molecule has 11 heteroatoms. The first-order valence-corrected chi connectivity index (χ1v) is 12.3. The molecular weight excluding hydrogens is 467 g/mol. The standard InChI is InChI=1S/C23H30F3N5O2S/c1-3-31(4-2)20-15-19(23(24,25)26)28-22(29-20)34-16-17-5-7-18(8-6-17)21(32)27-9-10-30-11-13-33-14-12-30/h5-8,15H,3-4,9-14,16H2,1-2H3,(H,27,32). The molecule has 0 radical (unpaired) electrons. The van der Waals surface area contributed by atoms with Crippen LogP contribution >= 0.6 is 11.8 Å². The second kappa shape index (κ2) is 12.4. The molecule has 7 nitrogen and oxygen atoms in total. The third-order valence-electron chi connectivity index (χ3n) is 5.47. The van der Waals surface area contributed by atoms with E-state index in [-0.39, 0.29) is 16.9 Å². The molecule has 34 heavy (non-hydrogen) atoms. The predicted octanol–water partition coefficient (Wildman–Crippen LogP) is 3.70. The van der Waals surface area contributed by atoms with Crippen LogP contribution in [-0.2, 0) is 16.7 Å². The lowest BCUT2D eigenvalue weighted by Crippen LogP contribution is -2.41. The van der Waals surface area contributed by atoms with Crippen LogP contribution in [0.4, 0.5) is 19.0 Å². The highest BCUT2D eigenvalue weighted by atomic mass is 32.2. The molecule has 1 aromatic carbocycles. The molecule has 1 N–H and O–H groups in total. The van der Waals surface area contributed by atoms with Crippen molar-refractivity contribution in [3.8, 4) is 0 Å². The van der Waals surface area contributed by atoms with E-state index in [0.717, 1.165) is 56.2 Å². The average molecular weight is 498 g/mol. The van der Waals surface area contributed by atoms with E-state index in [2.05, 4.69) is 20.2 Å². The van der Waals surface area contributed by atoms with Gasteiger partial charge in [0, 0.05) is 56.7 Å². The normalized spacial score (nSPS) is 14.7. The number of hydrogen-bond acceptors (Lipinski definition) is 7. The highest BCUT2D eigenvalue weighted by Gasteiger charge is 2.34. The Morgan fingerprint density at radius 2 is 1.82 bits per heavy atom. The topological polar surface area (TPSA) is 70.6 Å². The molecule has 0 atom stereocenters. The first-order chi connectivity index (χ1) is 16.3. The SMILES string of the molecule is CCN(CC)c1cc(C(F)(F)F)nc(SCc2ccc(C(=O)NCCN3CCOCC3)cc2)n1. The Hall–Kier alpha value is -2.37. The predicted molar refractivity (Wildman–Crippen MR) is 126 cm³/mol. The van der Waals surface area contributed by atoms with Gasteiger partial charge < -0.3 is 15.0 Å². The molecule has 0 bridgehead atoms. The van der Waals surface area contributed by atoms with Crippen molar-refractivity contribution in [3.63, 3.8) is 0 Å². The van der Waals surface area contributed by atoms with E-state index in [1.165, 1.54) is 0 Å². The Balaban J connectivity index is 1.57. The average Bonchev–Trinajstić information content (AvgIpc) is 2.84. The maximum Gasteiger partial charge on any atom is 0.433 e. The minimum atomic E-state index is -4.54. The quantitative estimate of drug-likeness (QED) is 0.397. The minimum Gasteiger partial charge on any atom is -0.379 e. The molecule has 186 valence electrons. The van der Waals surface area contributed by atoms with Gasteiger partial charge in [-0.1, -0.05) is 23.9 Å². The van der Waals surface area contributed by atoms with Crippen LogP contribution in [-0.4, -0.2) is 73.3 Å². The fraction of sp³-hybridized carbons (Fsp3) is 0.522. The number of benzene rings is 1. The molecule has 0 aliphatic carbocycles. The number of carbonyl (C=O) groups is 1. The van der Waals surface area contributed by atoms with Crippen molar-refractivity contribution >= 4 is 23.5 Å². The summed E-state index contributed by atoms with van der Waals surface area (Å²) in [6, 6.07) is 8.01. The minimum absolute atomic E-state index is 0.0710. The number of amides is 1. The molecule has 1 aromatic heterocycles. The van der Waals surface area contributed by atoms with E-state index in [4.69, 9.17) is 4.74 Å². The number of halogens is 3. The molecule has 3 rings (SSSR count). The third-order valence-corrected chi connectivity index (χ3v) is 6.39. The second-order valence-electron chi connectivity index (χ2n) is 7.76. The summed E-state index contributed by atoms with van der Waals surface area (Å²) < 4.78 is 45.3. The van der Waals surface area contributed by atoms with Crippen LogP contribution in [0.2, 0.25) is 0 Å². The smallest absolute Gasteiger partial charge is 0.379 e. The first kappa shape index (κ1) is 26.2. The van der Waals surface area contributed by atoms with E-state index < -0.39 is 11.9 Å². The number of hydrogen-bond donors (Lipinski definition) is 1. The van der Waals surface area contributed by atoms with Crippen molar-refractivity contribution in [2.45, 2.75) is 30.9 Å². The van der Waals surface area contributed by atoms with E-state index in [0.29, 0.717) is 31.0 Å². The summed E-state index contributed by atoms with van der Waals surface area (Å²) in [5.74, 6) is 0.495. The number of alkyl halides is 3. The number of aromatic nitrogens is 2. The lowest BCUT2D eigenvalue weighted by Gasteiger charge is -2.26. The summed E-state index contributed by atoms with van der Waals surface area (Å²) in [6.45, 7) is 9.33. The number of morpholine rings is 1. The highest BCUT2D eigenvalue weighted by Crippen LogP contribution is 2.32. The molecule has 1 amide bonds. The Morgan fingerprint density at radius 3 is 2.44 bits per heavy atom. The van der Waals surface area contributed by atoms with Crippen molar-refractivity contribution in [1.82, 2.24) is 20.2 Å². The molecule has 1 saturated heterocycles. The van der Waals surface area contributed by atoms with Gasteiger partial charge in [0.1, 0.15) is 5.82 Å². The zero-order valence-electron chi connectivity index (χ0n) is 19.4. The van der Waals surface area contributed by atoms with Crippen molar-refractivity contribution in [2.24, 2.45) is 0 Å². The number of nitrogens with zero attached hydrogens (tertiary/aromatic N) is 4. The van der Waals surface area contributed by atoms with Gasteiger partial charge in [-0.3, -0.25) is 9.69 Å². The third kappa shape index (κ3) is 7.57. The van der Waals surface area contributed by atoms with Gasteiger partial charge >= 0.3 is 6.18 Å². The monoisotopic (exact) mass is 497 g/mol. The zero-order chi connectivity index (χ0) is 24.6. The van der Waals surface area contributed by atoms with E-state index in [9.17, 15) is 18.0 Å². The summed E-state index contributed by atoms with van der Waals surface area (Å²) in [4.78, 5) is 24.4. The van der Waals surface area contributed by atoms with Crippen molar-refractivity contribution in [2.75, 3.05) is 57.4 Å². The number of rotatable bonds is 10. The van der Waals surface area contributed by atoms with E-state index in [1.54, 1.807) is 29.2 Å². The van der Waals surface area contributed by atoms with Gasteiger partial charge in [-0.25, -0.2) is 9.97 Å². The number of thioether (sulfide) groups is 1. The Kier molecular flexibility index (Phi) is 9.54. The Bertz CT molecular complexity index is 933. The Morgan fingerprint density at radius 1 is 1.15 bits per heavy atom. The van der Waals surface area contributed by atoms with E-state index >= 15 is 0 Å². The number of anilines is 1. The molecular formula is C23H30F3N5O2S. The fourth-order valence-electron chi connectivity index (χ4n) is 3.49. The van der Waals surface area contributed by atoms with Gasteiger partial charge in [-0.2, -0.15) is 13.2 Å². The van der Waals surface area contributed by atoms with Crippen molar-refractivity contribution < 1.29 is 22.7 Å².